The fourth-order valence-electron chi connectivity index (χ4n) is 1.08. The van der Waals surface area contributed by atoms with Crippen molar-refractivity contribution < 1.29 is 4.42 Å². The molecule has 14 heavy (non-hydrogen) atoms. The van der Waals surface area contributed by atoms with Crippen molar-refractivity contribution in [3.63, 3.8) is 0 Å². The molecule has 4 heteroatoms. The Morgan fingerprint density at radius 1 is 1.64 bits per heavy atom. The van der Waals surface area contributed by atoms with Crippen molar-refractivity contribution in [2.45, 2.75) is 32.7 Å². The number of nitrogens with one attached hydrogen (secondary N) is 1. The zero-order valence-electron chi connectivity index (χ0n) is 8.42. The van der Waals surface area contributed by atoms with E-state index in [0.29, 0.717) is 13.0 Å². The average Bonchev–Trinajstić information content (AvgIpc) is 2.65. The van der Waals surface area contributed by atoms with Gasteiger partial charge in [-0.05, 0) is 13.0 Å². The molecule has 0 fully saturated rings. The number of hydrogen-bond donors (Lipinski definition) is 1. The van der Waals surface area contributed by atoms with E-state index in [-0.39, 0.29) is 0 Å². The van der Waals surface area contributed by atoms with E-state index >= 15 is 0 Å². The first-order valence-electron chi connectivity index (χ1n) is 4.88. The molecule has 0 spiro atoms. The lowest BCUT2D eigenvalue weighted by Gasteiger charge is -1.98. The third-order valence-electron chi connectivity index (χ3n) is 1.87. The molecular formula is C10H15N3O. The molecule has 0 amide bonds. The van der Waals surface area contributed by atoms with Gasteiger partial charge in [-0.1, -0.05) is 6.92 Å². The van der Waals surface area contributed by atoms with Crippen LogP contribution in [0.25, 0.3) is 0 Å². The van der Waals surface area contributed by atoms with Crippen molar-refractivity contribution in [3.8, 4) is 6.07 Å². The first-order valence-corrected chi connectivity index (χ1v) is 4.88. The van der Waals surface area contributed by atoms with Gasteiger partial charge in [0.25, 0.3) is 0 Å². The lowest BCUT2D eigenvalue weighted by atomic mass is 10.3. The second-order valence-corrected chi connectivity index (χ2v) is 3.01. The molecule has 1 rings (SSSR count). The molecule has 0 radical (unpaired) electrons. The summed E-state index contributed by atoms with van der Waals surface area (Å²) in [6, 6.07) is 2.10. The summed E-state index contributed by atoms with van der Waals surface area (Å²) in [5, 5.41) is 11.5. The smallest absolute Gasteiger partial charge is 0.208 e. The normalized spacial score (nSPS) is 10.0. The third-order valence-corrected chi connectivity index (χ3v) is 1.87. The lowest BCUT2D eigenvalue weighted by molar-refractivity contribution is 0.438. The van der Waals surface area contributed by atoms with E-state index in [1.807, 2.05) is 6.92 Å². The quantitative estimate of drug-likeness (QED) is 0.697. The summed E-state index contributed by atoms with van der Waals surface area (Å²) < 4.78 is 5.40. The molecule has 0 saturated carbocycles. The Morgan fingerprint density at radius 2 is 2.50 bits per heavy atom. The van der Waals surface area contributed by atoms with Crippen LogP contribution in [-0.2, 0) is 13.0 Å². The van der Waals surface area contributed by atoms with E-state index < -0.39 is 0 Å². The average molecular weight is 193 g/mol. The highest BCUT2D eigenvalue weighted by Crippen LogP contribution is 2.03. The van der Waals surface area contributed by atoms with Gasteiger partial charge in [0, 0.05) is 12.8 Å². The number of oxazole rings is 1. The van der Waals surface area contributed by atoms with E-state index in [0.717, 1.165) is 31.0 Å². The van der Waals surface area contributed by atoms with Gasteiger partial charge in [-0.3, -0.25) is 0 Å². The Bertz CT molecular complexity index is 301. The zero-order chi connectivity index (χ0) is 10.2. The van der Waals surface area contributed by atoms with Gasteiger partial charge in [0.15, 0.2) is 0 Å². The Balaban J connectivity index is 2.15. The molecule has 1 aromatic rings. The molecule has 1 heterocycles. The first kappa shape index (κ1) is 10.7. The van der Waals surface area contributed by atoms with Crippen LogP contribution in [0.15, 0.2) is 10.6 Å². The van der Waals surface area contributed by atoms with Crippen LogP contribution < -0.4 is 5.32 Å². The van der Waals surface area contributed by atoms with Gasteiger partial charge < -0.3 is 9.73 Å². The fourth-order valence-corrected chi connectivity index (χ4v) is 1.08. The zero-order valence-corrected chi connectivity index (χ0v) is 8.42. The van der Waals surface area contributed by atoms with Crippen LogP contribution >= 0.6 is 0 Å². The van der Waals surface area contributed by atoms with E-state index in [2.05, 4.69) is 16.4 Å². The molecule has 0 saturated heterocycles. The SMILES string of the molecule is CCc1cnc(CNCCCC#N)o1. The molecule has 0 aliphatic rings. The summed E-state index contributed by atoms with van der Waals surface area (Å²) in [7, 11) is 0. The molecule has 0 aliphatic heterocycles. The maximum absolute atomic E-state index is 8.31. The molecule has 76 valence electrons. The lowest BCUT2D eigenvalue weighted by Crippen LogP contribution is -2.14. The van der Waals surface area contributed by atoms with Gasteiger partial charge >= 0.3 is 0 Å². The number of hydrogen-bond acceptors (Lipinski definition) is 4. The van der Waals surface area contributed by atoms with E-state index in [9.17, 15) is 0 Å². The minimum absolute atomic E-state index is 0.596. The van der Waals surface area contributed by atoms with Crippen LogP contribution in [0.3, 0.4) is 0 Å². The summed E-state index contributed by atoms with van der Waals surface area (Å²) >= 11 is 0. The van der Waals surface area contributed by atoms with E-state index in [1.165, 1.54) is 0 Å². The van der Waals surface area contributed by atoms with Crippen LogP contribution in [0.5, 0.6) is 0 Å². The topological polar surface area (TPSA) is 61.9 Å². The monoisotopic (exact) mass is 193 g/mol. The molecular weight excluding hydrogens is 178 g/mol. The Kier molecular flexibility index (Phi) is 4.73. The van der Waals surface area contributed by atoms with Crippen LogP contribution in [0, 0.1) is 11.3 Å². The fraction of sp³-hybridized carbons (Fsp3) is 0.600. The number of rotatable bonds is 6. The highest BCUT2D eigenvalue weighted by atomic mass is 16.4. The molecule has 0 unspecified atom stereocenters. The maximum atomic E-state index is 8.31. The van der Waals surface area contributed by atoms with E-state index in [4.69, 9.17) is 9.68 Å². The van der Waals surface area contributed by atoms with Crippen molar-refractivity contribution in [2.24, 2.45) is 0 Å². The van der Waals surface area contributed by atoms with Crippen LogP contribution in [-0.4, -0.2) is 11.5 Å². The van der Waals surface area contributed by atoms with Crippen molar-refractivity contribution in [1.82, 2.24) is 10.3 Å². The van der Waals surface area contributed by atoms with Crippen molar-refractivity contribution in [2.75, 3.05) is 6.54 Å². The van der Waals surface area contributed by atoms with Gasteiger partial charge in [0.1, 0.15) is 5.76 Å². The molecule has 0 bridgehead atoms. The summed E-state index contributed by atoms with van der Waals surface area (Å²) in [5.74, 6) is 1.64. The molecule has 4 nitrogen and oxygen atoms in total. The van der Waals surface area contributed by atoms with Gasteiger partial charge in [-0.2, -0.15) is 5.26 Å². The maximum Gasteiger partial charge on any atom is 0.208 e. The van der Waals surface area contributed by atoms with Crippen LogP contribution in [0.1, 0.15) is 31.4 Å². The molecule has 0 aliphatic carbocycles. The van der Waals surface area contributed by atoms with Crippen molar-refractivity contribution in [3.05, 3.63) is 17.8 Å². The second kappa shape index (κ2) is 6.17. The molecule has 1 N–H and O–H groups in total. The number of aryl methyl sites for hydroxylation is 1. The third kappa shape index (κ3) is 3.58. The van der Waals surface area contributed by atoms with Gasteiger partial charge in [-0.25, -0.2) is 4.98 Å². The van der Waals surface area contributed by atoms with E-state index in [1.54, 1.807) is 6.20 Å². The molecule has 1 aromatic heterocycles. The van der Waals surface area contributed by atoms with Crippen LogP contribution in [0.2, 0.25) is 0 Å². The molecule has 0 aromatic carbocycles. The summed E-state index contributed by atoms with van der Waals surface area (Å²) in [5.41, 5.74) is 0. The minimum atomic E-state index is 0.596. The number of aromatic nitrogens is 1. The minimum Gasteiger partial charge on any atom is -0.444 e. The first-order chi connectivity index (χ1) is 6.86. The van der Waals surface area contributed by atoms with Gasteiger partial charge in [0.05, 0.1) is 18.8 Å². The summed E-state index contributed by atoms with van der Waals surface area (Å²) in [6.07, 6.45) is 4.10. The highest BCUT2D eigenvalue weighted by molar-refractivity contribution is 4.93. The predicted molar refractivity (Wildman–Crippen MR) is 52.4 cm³/mol. The number of nitrogens with zero attached hydrogens (tertiary/aromatic N) is 2. The van der Waals surface area contributed by atoms with Crippen LogP contribution in [0.4, 0.5) is 0 Å². The Labute approximate surface area is 83.9 Å². The number of nitriles is 1. The van der Waals surface area contributed by atoms with Gasteiger partial charge in [0.2, 0.25) is 5.89 Å². The van der Waals surface area contributed by atoms with Crippen molar-refractivity contribution >= 4 is 0 Å². The second-order valence-electron chi connectivity index (χ2n) is 3.01. The number of unbranched alkanes of at least 4 members (excludes halogenated alkanes) is 1. The largest absolute Gasteiger partial charge is 0.444 e. The Hall–Kier alpha value is -1.34. The Morgan fingerprint density at radius 3 is 3.14 bits per heavy atom. The highest BCUT2D eigenvalue weighted by Gasteiger charge is 2.00. The standard InChI is InChI=1S/C10H15N3O/c1-2-9-7-13-10(14-9)8-12-6-4-3-5-11/h7,12H,2-4,6,8H2,1H3. The predicted octanol–water partition coefficient (Wildman–Crippen LogP) is 1.63. The molecule has 0 atom stereocenters. The summed E-state index contributed by atoms with van der Waals surface area (Å²) in [4.78, 5) is 4.11. The van der Waals surface area contributed by atoms with Crippen molar-refractivity contribution in [1.29, 1.82) is 5.26 Å². The summed E-state index contributed by atoms with van der Waals surface area (Å²) in [6.45, 7) is 3.51. The van der Waals surface area contributed by atoms with Gasteiger partial charge in [-0.15, -0.1) is 0 Å².